The summed E-state index contributed by atoms with van der Waals surface area (Å²) in [6.45, 7) is 0. The number of aliphatic hydroxyl groups excluding tert-OH is 2. The number of nitrogens with one attached hydrogen (secondary N) is 1. The second-order valence-corrected chi connectivity index (χ2v) is 4.69. The molecular formula is C10H10BrClN2O2. The lowest BCUT2D eigenvalue weighted by Gasteiger charge is -2.13. The quantitative estimate of drug-likeness (QED) is 0.759. The van der Waals surface area contributed by atoms with Crippen molar-refractivity contribution in [2.75, 3.05) is 5.88 Å². The van der Waals surface area contributed by atoms with Crippen LogP contribution in [0.1, 0.15) is 11.8 Å². The Bertz CT molecular complexity index is 503. The summed E-state index contributed by atoms with van der Waals surface area (Å²) >= 11 is 8.82. The number of aromatic nitrogens is 2. The first-order valence-electron chi connectivity index (χ1n) is 4.69. The average Bonchev–Trinajstić information content (AvgIpc) is 2.69. The van der Waals surface area contributed by atoms with Gasteiger partial charge in [0.25, 0.3) is 0 Å². The topological polar surface area (TPSA) is 69.1 Å². The SMILES string of the molecule is OC(CCl)C(O)c1[nH]nc2cc(Br)ccc12. The second kappa shape index (κ2) is 4.71. The Morgan fingerprint density at radius 1 is 1.44 bits per heavy atom. The molecule has 1 aromatic heterocycles. The molecule has 2 aromatic rings. The van der Waals surface area contributed by atoms with Crippen LogP contribution >= 0.6 is 27.5 Å². The first-order valence-corrected chi connectivity index (χ1v) is 6.02. The number of halogens is 2. The van der Waals surface area contributed by atoms with Crippen LogP contribution in [-0.4, -0.2) is 32.4 Å². The predicted molar refractivity (Wildman–Crippen MR) is 65.5 cm³/mol. The number of rotatable bonds is 3. The van der Waals surface area contributed by atoms with Gasteiger partial charge in [0.05, 0.1) is 23.2 Å². The highest BCUT2D eigenvalue weighted by Gasteiger charge is 2.21. The van der Waals surface area contributed by atoms with E-state index in [1.807, 2.05) is 18.2 Å². The lowest BCUT2D eigenvalue weighted by Crippen LogP contribution is -2.20. The van der Waals surface area contributed by atoms with E-state index in [2.05, 4.69) is 26.1 Å². The fraction of sp³-hybridized carbons (Fsp3) is 0.300. The highest BCUT2D eigenvalue weighted by atomic mass is 79.9. The molecule has 1 aromatic carbocycles. The predicted octanol–water partition coefficient (Wildman–Crippen LogP) is 1.96. The van der Waals surface area contributed by atoms with Crippen LogP contribution in [0.15, 0.2) is 22.7 Å². The Kier molecular flexibility index (Phi) is 3.49. The molecule has 1 heterocycles. The van der Waals surface area contributed by atoms with E-state index in [4.69, 9.17) is 11.6 Å². The summed E-state index contributed by atoms with van der Waals surface area (Å²) in [5.74, 6) is -0.0296. The van der Waals surface area contributed by atoms with Crippen molar-refractivity contribution in [3.63, 3.8) is 0 Å². The van der Waals surface area contributed by atoms with E-state index in [9.17, 15) is 10.2 Å². The molecule has 3 N–H and O–H groups in total. The zero-order valence-corrected chi connectivity index (χ0v) is 10.5. The first-order chi connectivity index (χ1) is 7.63. The van der Waals surface area contributed by atoms with Gasteiger partial charge in [-0.15, -0.1) is 11.6 Å². The maximum Gasteiger partial charge on any atom is 0.123 e. The molecule has 0 radical (unpaired) electrons. The summed E-state index contributed by atoms with van der Waals surface area (Å²) in [4.78, 5) is 0. The number of hydrogen-bond acceptors (Lipinski definition) is 3. The Hall–Kier alpha value is -0.620. The van der Waals surface area contributed by atoms with Gasteiger partial charge in [-0.25, -0.2) is 0 Å². The van der Waals surface area contributed by atoms with Crippen molar-refractivity contribution in [2.24, 2.45) is 0 Å². The molecule has 4 nitrogen and oxygen atoms in total. The van der Waals surface area contributed by atoms with E-state index in [1.165, 1.54) is 0 Å². The van der Waals surface area contributed by atoms with E-state index in [-0.39, 0.29) is 5.88 Å². The molecule has 0 spiro atoms. The molecule has 2 atom stereocenters. The Balaban J connectivity index is 2.45. The highest BCUT2D eigenvalue weighted by molar-refractivity contribution is 9.10. The maximum absolute atomic E-state index is 9.83. The molecule has 0 fully saturated rings. The van der Waals surface area contributed by atoms with Gasteiger partial charge in [0.1, 0.15) is 6.10 Å². The number of H-pyrrole nitrogens is 1. The third kappa shape index (κ3) is 2.08. The zero-order chi connectivity index (χ0) is 11.7. The minimum absolute atomic E-state index is 0.0296. The Morgan fingerprint density at radius 3 is 2.88 bits per heavy atom. The second-order valence-electron chi connectivity index (χ2n) is 3.47. The average molecular weight is 306 g/mol. The molecule has 2 rings (SSSR count). The van der Waals surface area contributed by atoms with Gasteiger partial charge in [-0.05, 0) is 18.2 Å². The Morgan fingerprint density at radius 2 is 2.19 bits per heavy atom. The van der Waals surface area contributed by atoms with Gasteiger partial charge in [-0.2, -0.15) is 5.10 Å². The number of aliphatic hydroxyl groups is 2. The van der Waals surface area contributed by atoms with Crippen molar-refractivity contribution >= 4 is 38.4 Å². The molecule has 0 saturated heterocycles. The van der Waals surface area contributed by atoms with Crippen molar-refractivity contribution in [1.82, 2.24) is 10.2 Å². The van der Waals surface area contributed by atoms with Gasteiger partial charge in [0.15, 0.2) is 0 Å². The summed E-state index contributed by atoms with van der Waals surface area (Å²) in [5.41, 5.74) is 1.21. The monoisotopic (exact) mass is 304 g/mol. The molecule has 0 aliphatic rings. The fourth-order valence-corrected chi connectivity index (χ4v) is 2.03. The van der Waals surface area contributed by atoms with Crippen LogP contribution < -0.4 is 0 Å². The summed E-state index contributed by atoms with van der Waals surface area (Å²) in [7, 11) is 0. The van der Waals surface area contributed by atoms with Gasteiger partial charge >= 0.3 is 0 Å². The fourth-order valence-electron chi connectivity index (χ4n) is 1.51. The van der Waals surface area contributed by atoms with E-state index >= 15 is 0 Å². The molecule has 0 aliphatic carbocycles. The van der Waals surface area contributed by atoms with E-state index < -0.39 is 12.2 Å². The number of aromatic amines is 1. The van der Waals surface area contributed by atoms with Gasteiger partial charge in [-0.3, -0.25) is 5.10 Å². The molecular weight excluding hydrogens is 295 g/mol. The standard InChI is InChI=1S/C10H10BrClN2O2/c11-5-1-2-6-7(3-5)13-14-9(6)10(16)8(15)4-12/h1-3,8,10,15-16H,4H2,(H,13,14). The molecule has 86 valence electrons. The lowest BCUT2D eigenvalue weighted by atomic mass is 10.1. The van der Waals surface area contributed by atoms with Crippen molar-refractivity contribution in [3.05, 3.63) is 28.4 Å². The van der Waals surface area contributed by atoms with Crippen LogP contribution in [-0.2, 0) is 0 Å². The van der Waals surface area contributed by atoms with Gasteiger partial charge in [0, 0.05) is 9.86 Å². The van der Waals surface area contributed by atoms with Crippen molar-refractivity contribution in [1.29, 1.82) is 0 Å². The minimum atomic E-state index is -1.05. The van der Waals surface area contributed by atoms with E-state index in [0.717, 1.165) is 15.4 Å². The minimum Gasteiger partial charge on any atom is -0.389 e. The molecule has 2 unspecified atom stereocenters. The van der Waals surface area contributed by atoms with Crippen molar-refractivity contribution < 1.29 is 10.2 Å². The highest BCUT2D eigenvalue weighted by Crippen LogP contribution is 2.26. The van der Waals surface area contributed by atoms with E-state index in [1.54, 1.807) is 0 Å². The molecule has 0 amide bonds. The Labute approximate surface area is 105 Å². The first kappa shape index (κ1) is 11.9. The summed E-state index contributed by atoms with van der Waals surface area (Å²) in [6.07, 6.45) is -2.06. The zero-order valence-electron chi connectivity index (χ0n) is 8.19. The molecule has 6 heteroatoms. The normalized spacial score (nSPS) is 15.2. The number of fused-ring (bicyclic) bond motifs is 1. The van der Waals surface area contributed by atoms with Crippen LogP contribution in [0.3, 0.4) is 0 Å². The molecule has 0 saturated carbocycles. The smallest absolute Gasteiger partial charge is 0.123 e. The number of alkyl halides is 1. The van der Waals surface area contributed by atoms with E-state index in [0.29, 0.717) is 5.69 Å². The molecule has 0 bridgehead atoms. The summed E-state index contributed by atoms with van der Waals surface area (Å²) in [5, 5.41) is 26.8. The maximum atomic E-state index is 9.83. The summed E-state index contributed by atoms with van der Waals surface area (Å²) < 4.78 is 0.908. The van der Waals surface area contributed by atoms with Crippen molar-refractivity contribution in [2.45, 2.75) is 12.2 Å². The van der Waals surface area contributed by atoms with Gasteiger partial charge < -0.3 is 10.2 Å². The number of nitrogens with zero attached hydrogens (tertiary/aromatic N) is 1. The molecule has 16 heavy (non-hydrogen) atoms. The third-order valence-electron chi connectivity index (χ3n) is 2.37. The van der Waals surface area contributed by atoms with Crippen LogP contribution in [0, 0.1) is 0 Å². The van der Waals surface area contributed by atoms with Crippen molar-refractivity contribution in [3.8, 4) is 0 Å². The van der Waals surface area contributed by atoms with Gasteiger partial charge in [-0.1, -0.05) is 15.9 Å². The lowest BCUT2D eigenvalue weighted by molar-refractivity contribution is 0.0308. The van der Waals surface area contributed by atoms with Gasteiger partial charge in [0.2, 0.25) is 0 Å². The largest absolute Gasteiger partial charge is 0.389 e. The number of benzene rings is 1. The van der Waals surface area contributed by atoms with Crippen LogP contribution in [0.5, 0.6) is 0 Å². The van der Waals surface area contributed by atoms with Crippen LogP contribution in [0.4, 0.5) is 0 Å². The molecule has 0 aliphatic heterocycles. The van der Waals surface area contributed by atoms with Crippen LogP contribution in [0.25, 0.3) is 10.9 Å². The number of hydrogen-bond donors (Lipinski definition) is 3. The van der Waals surface area contributed by atoms with Crippen LogP contribution in [0.2, 0.25) is 0 Å². The summed E-state index contributed by atoms with van der Waals surface area (Å²) in [6, 6.07) is 5.50. The third-order valence-corrected chi connectivity index (χ3v) is 3.17.